The molecule has 0 aliphatic heterocycles. The zero-order valence-corrected chi connectivity index (χ0v) is 7.85. The number of carboxylic acids is 2. The van der Waals surface area contributed by atoms with Gasteiger partial charge in [-0.05, 0) is 6.92 Å². The first-order valence-corrected chi connectivity index (χ1v) is 4.80. The van der Waals surface area contributed by atoms with Crippen molar-refractivity contribution in [1.82, 2.24) is 0 Å². The quantitative estimate of drug-likeness (QED) is 0.295. The van der Waals surface area contributed by atoms with E-state index in [2.05, 4.69) is 0 Å². The Morgan fingerprint density at radius 1 is 1.12 bits per heavy atom. The van der Waals surface area contributed by atoms with E-state index in [0.29, 0.717) is 0 Å². The van der Waals surface area contributed by atoms with Crippen LogP contribution in [0, 0.1) is 0 Å². The Morgan fingerprint density at radius 3 is 1.53 bits per heavy atom. The van der Waals surface area contributed by atoms with E-state index in [-0.39, 0.29) is 88.7 Å². The number of aliphatic carboxylic acids is 2. The monoisotopic (exact) mass is 296 g/mol. The first kappa shape index (κ1) is 27.0. The van der Waals surface area contributed by atoms with Gasteiger partial charge in [0.05, 0.1) is 5.57 Å². The number of hydrogen-bond donors (Lipinski definition) is 3. The zero-order chi connectivity index (χ0) is 11.5. The summed E-state index contributed by atoms with van der Waals surface area (Å²) in [6.45, 7) is 1.16. The van der Waals surface area contributed by atoms with Crippen molar-refractivity contribution in [2.45, 2.75) is 12.2 Å². The first-order valence-electron chi connectivity index (χ1n) is 3.30. The van der Waals surface area contributed by atoms with Gasteiger partial charge in [-0.25, -0.2) is 4.79 Å². The van der Waals surface area contributed by atoms with E-state index < -0.39 is 32.9 Å². The average Bonchev–Trinajstić information content (AvgIpc) is 1.95. The summed E-state index contributed by atoms with van der Waals surface area (Å²) >= 11 is 0. The number of hydrogen-bond acceptors (Lipinski definition) is 4. The van der Waals surface area contributed by atoms with Gasteiger partial charge in [0.2, 0.25) is 5.25 Å². The molecule has 0 aliphatic carbocycles. The van der Waals surface area contributed by atoms with E-state index in [4.69, 9.17) is 14.8 Å². The standard InChI is InChI=1S/C6H8O7S.3Na.3H/c1-2-3(5(7)8)4(6(9)10)14(11,12)13;;;;;;/h2,4H,1H3,(H,7,8)(H,9,10)(H,11,12,13);;;;;;. The normalized spacial score (nSPS) is 12.2. The summed E-state index contributed by atoms with van der Waals surface area (Å²) in [6.07, 6.45) is 0.800. The molecule has 11 heteroatoms. The summed E-state index contributed by atoms with van der Waals surface area (Å²) in [4.78, 5) is 20.8. The van der Waals surface area contributed by atoms with Crippen LogP contribution in [0.25, 0.3) is 0 Å². The third-order valence-corrected chi connectivity index (χ3v) is 2.41. The molecule has 1 unspecified atom stereocenters. The molecule has 3 N–H and O–H groups in total. The molecule has 0 aromatic heterocycles. The van der Waals surface area contributed by atoms with Gasteiger partial charge in [-0.3, -0.25) is 9.35 Å². The molecule has 0 radical (unpaired) electrons. The Labute approximate surface area is 165 Å². The summed E-state index contributed by atoms with van der Waals surface area (Å²) < 4.78 is 29.6. The van der Waals surface area contributed by atoms with Crippen LogP contribution < -0.4 is 0 Å². The van der Waals surface area contributed by atoms with Gasteiger partial charge in [-0.2, -0.15) is 8.42 Å². The molecule has 0 bridgehead atoms. The second-order valence-electron chi connectivity index (χ2n) is 2.28. The van der Waals surface area contributed by atoms with Crippen molar-refractivity contribution in [3.8, 4) is 0 Å². The van der Waals surface area contributed by atoms with Crippen LogP contribution in [-0.2, 0) is 19.7 Å². The summed E-state index contributed by atoms with van der Waals surface area (Å²) in [5.74, 6) is -3.65. The Balaban J connectivity index is -0.000000282. The van der Waals surface area contributed by atoms with Crippen molar-refractivity contribution in [1.29, 1.82) is 0 Å². The Hall–Kier alpha value is 1.59. The zero-order valence-electron chi connectivity index (χ0n) is 7.04. The number of allylic oxidation sites excluding steroid dienone is 1. The minimum atomic E-state index is -4.97. The molecule has 7 nitrogen and oxygen atoms in total. The van der Waals surface area contributed by atoms with Crippen LogP contribution >= 0.6 is 0 Å². The molecule has 86 valence electrons. The van der Waals surface area contributed by atoms with Crippen molar-refractivity contribution in [2.75, 3.05) is 0 Å². The van der Waals surface area contributed by atoms with Crippen LogP contribution in [-0.4, -0.2) is 129 Å². The fourth-order valence-corrected chi connectivity index (χ4v) is 1.62. The van der Waals surface area contributed by atoms with Crippen LogP contribution in [0.3, 0.4) is 0 Å². The van der Waals surface area contributed by atoms with Crippen molar-refractivity contribution in [3.05, 3.63) is 11.6 Å². The average molecular weight is 296 g/mol. The molecule has 17 heavy (non-hydrogen) atoms. The van der Waals surface area contributed by atoms with E-state index in [1.54, 1.807) is 0 Å². The predicted octanol–water partition coefficient (Wildman–Crippen LogP) is -2.59. The van der Waals surface area contributed by atoms with Crippen LogP contribution in [0.5, 0.6) is 0 Å². The molecule has 0 heterocycles. The Kier molecular flexibility index (Phi) is 18.2. The molecule has 0 saturated heterocycles. The van der Waals surface area contributed by atoms with Gasteiger partial charge >= 0.3 is 101 Å². The van der Waals surface area contributed by atoms with Crippen molar-refractivity contribution < 1.29 is 32.8 Å². The van der Waals surface area contributed by atoms with Gasteiger partial charge in [0, 0.05) is 0 Å². The van der Waals surface area contributed by atoms with E-state index in [9.17, 15) is 18.0 Å². The summed E-state index contributed by atoms with van der Waals surface area (Å²) in [7, 11) is -4.97. The summed E-state index contributed by atoms with van der Waals surface area (Å²) in [6, 6.07) is 0. The molecule has 1 atom stereocenters. The molecule has 0 saturated carbocycles. The second-order valence-corrected chi connectivity index (χ2v) is 3.78. The predicted molar refractivity (Wildman–Crippen MR) is 65.8 cm³/mol. The number of rotatable bonds is 4. The number of carboxylic acid groups (broad SMARTS) is 2. The van der Waals surface area contributed by atoms with Gasteiger partial charge in [-0.1, -0.05) is 6.08 Å². The van der Waals surface area contributed by atoms with Gasteiger partial charge in [0.25, 0.3) is 10.1 Å². The van der Waals surface area contributed by atoms with Crippen LogP contribution in [0.2, 0.25) is 0 Å². The summed E-state index contributed by atoms with van der Waals surface area (Å²) in [5.41, 5.74) is -0.903. The fraction of sp³-hybridized carbons (Fsp3) is 0.333. The molecule has 0 spiro atoms. The molecular formula is C6H11Na3O7S. The molecule has 0 rings (SSSR count). The van der Waals surface area contributed by atoms with E-state index in [0.717, 1.165) is 13.0 Å². The Bertz CT molecular complexity index is 388. The molecule has 0 fully saturated rings. The van der Waals surface area contributed by atoms with Gasteiger partial charge < -0.3 is 10.2 Å². The Morgan fingerprint density at radius 2 is 1.47 bits per heavy atom. The number of carbonyl (C=O) groups is 2. The van der Waals surface area contributed by atoms with E-state index in [1.807, 2.05) is 0 Å². The molecule has 0 aromatic carbocycles. The van der Waals surface area contributed by atoms with Crippen LogP contribution in [0.15, 0.2) is 11.6 Å². The van der Waals surface area contributed by atoms with Crippen LogP contribution in [0.1, 0.15) is 6.92 Å². The van der Waals surface area contributed by atoms with Gasteiger partial charge in [0.1, 0.15) is 0 Å². The molecule has 0 aromatic rings. The SMILES string of the molecule is CC=C(C(=O)O)C(C(=O)O)S(=O)(=O)O.[NaH].[NaH].[NaH]. The molecular weight excluding hydrogens is 285 g/mol. The third-order valence-electron chi connectivity index (χ3n) is 1.36. The summed E-state index contributed by atoms with van der Waals surface area (Å²) in [5, 5.41) is 14.4. The van der Waals surface area contributed by atoms with Crippen LogP contribution in [0.4, 0.5) is 0 Å². The van der Waals surface area contributed by atoms with Crippen molar-refractivity contribution >= 4 is 111 Å². The second kappa shape index (κ2) is 11.4. The van der Waals surface area contributed by atoms with E-state index in [1.165, 1.54) is 0 Å². The molecule has 0 amide bonds. The maximum absolute atomic E-state index is 10.5. The van der Waals surface area contributed by atoms with Crippen molar-refractivity contribution in [2.24, 2.45) is 0 Å². The maximum atomic E-state index is 10.5. The fourth-order valence-electron chi connectivity index (χ4n) is 0.808. The van der Waals surface area contributed by atoms with Gasteiger partial charge in [0.15, 0.2) is 0 Å². The topological polar surface area (TPSA) is 129 Å². The molecule has 0 aliphatic rings. The van der Waals surface area contributed by atoms with Gasteiger partial charge in [-0.15, -0.1) is 0 Å². The first-order chi connectivity index (χ1) is 6.21. The minimum absolute atomic E-state index is 0. The van der Waals surface area contributed by atoms with E-state index >= 15 is 0 Å². The third kappa shape index (κ3) is 9.17. The van der Waals surface area contributed by atoms with Crippen molar-refractivity contribution in [3.63, 3.8) is 0 Å².